The summed E-state index contributed by atoms with van der Waals surface area (Å²) in [4.78, 5) is 29.9. The molecule has 252 valence electrons. The van der Waals surface area contributed by atoms with E-state index in [0.717, 1.165) is 32.2 Å². The fourth-order valence-electron chi connectivity index (χ4n) is 7.92. The minimum absolute atomic E-state index is 0.0506. The van der Waals surface area contributed by atoms with E-state index in [9.17, 15) is 23.8 Å². The number of nitrogens with zero attached hydrogens (tertiary/aromatic N) is 5. The third-order valence-electron chi connectivity index (χ3n) is 10.3. The molecular weight excluding hydrogens is 623 g/mol. The molecule has 0 aliphatic carbocycles. The number of hydrogen-bond donors (Lipinski definition) is 2. The van der Waals surface area contributed by atoms with Crippen LogP contribution in [0.1, 0.15) is 57.4 Å². The van der Waals surface area contributed by atoms with Crippen molar-refractivity contribution < 1.29 is 32.9 Å². The number of carbonyl (C=O) groups is 1. The molecule has 2 aromatic heterocycles. The summed E-state index contributed by atoms with van der Waals surface area (Å²) in [6.07, 6.45) is 7.20. The highest BCUT2D eigenvalue weighted by Crippen LogP contribution is 2.43. The SMILES string of the molecule is CCc1c(F)ccc2cc(O)cc(-c3ncc4c(N5CCCCC(C(=O)O)CC5)nc(OC[C@@]56CCCN5C/C(=C\F)C6)nc4c3F)c12. The Labute approximate surface area is 276 Å². The second-order valence-electron chi connectivity index (χ2n) is 13.3. The molecule has 3 aliphatic heterocycles. The lowest BCUT2D eigenvalue weighted by atomic mass is 9.94. The summed E-state index contributed by atoms with van der Waals surface area (Å²) < 4.78 is 51.7. The summed E-state index contributed by atoms with van der Waals surface area (Å²) in [5.41, 5.74) is 0.745. The number of rotatable bonds is 7. The van der Waals surface area contributed by atoms with Crippen molar-refractivity contribution >= 4 is 33.5 Å². The second-order valence-corrected chi connectivity index (χ2v) is 13.3. The predicted octanol–water partition coefficient (Wildman–Crippen LogP) is 6.94. The number of anilines is 1. The maximum atomic E-state index is 16.9. The number of ether oxygens (including phenoxy) is 1. The Bertz CT molecular complexity index is 1940. The van der Waals surface area contributed by atoms with Gasteiger partial charge in [-0.3, -0.25) is 14.7 Å². The van der Waals surface area contributed by atoms with Gasteiger partial charge >= 0.3 is 12.0 Å². The van der Waals surface area contributed by atoms with Crippen LogP contribution in [0.25, 0.3) is 32.9 Å². The van der Waals surface area contributed by atoms with Gasteiger partial charge in [0.25, 0.3) is 0 Å². The summed E-state index contributed by atoms with van der Waals surface area (Å²) in [6, 6.07) is 5.71. The largest absolute Gasteiger partial charge is 0.508 e. The molecule has 0 bridgehead atoms. The first-order valence-electron chi connectivity index (χ1n) is 16.7. The van der Waals surface area contributed by atoms with Gasteiger partial charge in [-0.25, -0.2) is 13.2 Å². The number of fused-ring (bicyclic) bond motifs is 3. The molecule has 3 saturated heterocycles. The van der Waals surface area contributed by atoms with Crippen LogP contribution >= 0.6 is 0 Å². The molecule has 12 heteroatoms. The molecule has 0 amide bonds. The molecule has 0 radical (unpaired) electrons. The molecule has 7 rings (SSSR count). The van der Waals surface area contributed by atoms with Crippen LogP contribution in [0, 0.1) is 17.6 Å². The number of aromatic hydroxyl groups is 1. The normalized spacial score (nSPS) is 22.7. The standard InChI is InChI=1S/C36H38F3N5O4/c1-2-25-28(38)8-7-23-14-24(45)15-26(29(23)25)31-30(39)32-27(18-40-31)33(43-11-4-3-6-22(9-13-43)34(46)47)42-35(41-32)48-20-36-10-5-12-44(36)19-21(16-36)17-37/h7-8,14-15,17-18,22,45H,2-6,9-13,16,19-20H2,1H3,(H,46,47)/b21-17-/t22?,36-/m0/s1. The zero-order valence-electron chi connectivity index (χ0n) is 26.8. The summed E-state index contributed by atoms with van der Waals surface area (Å²) in [5.74, 6) is -2.29. The van der Waals surface area contributed by atoms with Crippen LogP contribution in [-0.2, 0) is 11.2 Å². The Balaban J connectivity index is 1.36. The summed E-state index contributed by atoms with van der Waals surface area (Å²) in [5, 5.41) is 21.7. The highest BCUT2D eigenvalue weighted by atomic mass is 19.1. The van der Waals surface area contributed by atoms with Crippen LogP contribution in [0.15, 0.2) is 42.4 Å². The second kappa shape index (κ2) is 12.9. The number of aliphatic carboxylic acids is 1. The smallest absolute Gasteiger partial charge is 0.319 e. The number of aryl methyl sites for hydroxylation is 1. The quantitative estimate of drug-likeness (QED) is 0.218. The molecule has 2 aromatic carbocycles. The minimum Gasteiger partial charge on any atom is -0.508 e. The lowest BCUT2D eigenvalue weighted by molar-refractivity contribution is -0.142. The van der Waals surface area contributed by atoms with Crippen molar-refractivity contribution in [3.8, 4) is 23.0 Å². The molecule has 0 saturated carbocycles. The number of halogens is 3. The van der Waals surface area contributed by atoms with E-state index in [-0.39, 0.29) is 35.1 Å². The molecule has 3 aliphatic rings. The third kappa shape index (κ3) is 5.69. The molecule has 5 heterocycles. The van der Waals surface area contributed by atoms with E-state index in [0.29, 0.717) is 84.8 Å². The average molecular weight is 662 g/mol. The highest BCUT2D eigenvalue weighted by Gasteiger charge is 2.47. The molecule has 4 aromatic rings. The molecule has 0 spiro atoms. The fourth-order valence-corrected chi connectivity index (χ4v) is 7.92. The van der Waals surface area contributed by atoms with Gasteiger partial charge in [-0.2, -0.15) is 9.97 Å². The van der Waals surface area contributed by atoms with Crippen molar-refractivity contribution in [1.82, 2.24) is 19.9 Å². The number of carboxylic acids is 1. The lowest BCUT2D eigenvalue weighted by Crippen LogP contribution is -2.43. The van der Waals surface area contributed by atoms with Crippen molar-refractivity contribution in [1.29, 1.82) is 0 Å². The van der Waals surface area contributed by atoms with Crippen molar-refractivity contribution in [2.24, 2.45) is 5.92 Å². The van der Waals surface area contributed by atoms with Crippen LogP contribution in [-0.4, -0.2) is 74.4 Å². The van der Waals surface area contributed by atoms with Gasteiger partial charge in [0.1, 0.15) is 35.2 Å². The Morgan fingerprint density at radius 3 is 2.77 bits per heavy atom. The third-order valence-corrected chi connectivity index (χ3v) is 10.3. The molecule has 2 atom stereocenters. The van der Waals surface area contributed by atoms with Gasteiger partial charge < -0.3 is 19.8 Å². The van der Waals surface area contributed by atoms with Crippen molar-refractivity contribution in [2.45, 2.75) is 63.8 Å². The predicted molar refractivity (Wildman–Crippen MR) is 176 cm³/mol. The fraction of sp³-hybridized carbons (Fsp3) is 0.444. The maximum Gasteiger partial charge on any atom is 0.319 e. The van der Waals surface area contributed by atoms with E-state index in [1.807, 2.05) is 11.8 Å². The molecule has 1 unspecified atom stereocenters. The van der Waals surface area contributed by atoms with E-state index in [1.165, 1.54) is 24.4 Å². The van der Waals surface area contributed by atoms with Gasteiger partial charge in [0.15, 0.2) is 5.82 Å². The monoisotopic (exact) mass is 661 g/mol. The minimum atomic E-state index is -0.842. The average Bonchev–Trinajstić information content (AvgIpc) is 3.61. The van der Waals surface area contributed by atoms with Crippen molar-refractivity contribution in [2.75, 3.05) is 37.7 Å². The lowest BCUT2D eigenvalue weighted by Gasteiger charge is -2.31. The Hall–Kier alpha value is -4.45. The number of pyridine rings is 1. The molecule has 3 fully saturated rings. The Morgan fingerprint density at radius 1 is 1.12 bits per heavy atom. The number of carboxylic acid groups (broad SMARTS) is 1. The number of phenolic OH excluding ortho intramolecular Hbond substituents is 1. The summed E-state index contributed by atoms with van der Waals surface area (Å²) in [6.45, 7) is 4.30. The number of benzene rings is 2. The van der Waals surface area contributed by atoms with Gasteiger partial charge in [0, 0.05) is 31.4 Å². The van der Waals surface area contributed by atoms with Crippen LogP contribution in [0.5, 0.6) is 11.8 Å². The molecule has 48 heavy (non-hydrogen) atoms. The number of phenols is 1. The topological polar surface area (TPSA) is 112 Å². The van der Waals surface area contributed by atoms with Gasteiger partial charge in [-0.1, -0.05) is 19.4 Å². The number of hydrogen-bond acceptors (Lipinski definition) is 8. The van der Waals surface area contributed by atoms with Crippen LogP contribution in [0.4, 0.5) is 19.0 Å². The Morgan fingerprint density at radius 2 is 1.98 bits per heavy atom. The van der Waals surface area contributed by atoms with Gasteiger partial charge in [0.05, 0.1) is 23.2 Å². The van der Waals surface area contributed by atoms with Crippen LogP contribution < -0.4 is 9.64 Å². The zero-order valence-corrected chi connectivity index (χ0v) is 26.8. The zero-order chi connectivity index (χ0) is 33.6. The first-order chi connectivity index (χ1) is 23.2. The molecule has 2 N–H and O–H groups in total. The molecule has 9 nitrogen and oxygen atoms in total. The van der Waals surface area contributed by atoms with E-state index in [2.05, 4.69) is 14.9 Å². The highest BCUT2D eigenvalue weighted by molar-refractivity contribution is 6.01. The Kier molecular flexibility index (Phi) is 8.61. The van der Waals surface area contributed by atoms with Crippen molar-refractivity contribution in [3.63, 3.8) is 0 Å². The first-order valence-corrected chi connectivity index (χ1v) is 16.7. The van der Waals surface area contributed by atoms with Crippen molar-refractivity contribution in [3.05, 3.63) is 59.6 Å². The van der Waals surface area contributed by atoms with Gasteiger partial charge in [-0.05, 0) is 91.6 Å². The van der Waals surface area contributed by atoms with E-state index >= 15 is 4.39 Å². The van der Waals surface area contributed by atoms with Crippen LogP contribution in [0.3, 0.4) is 0 Å². The first kappa shape index (κ1) is 32.1. The van der Waals surface area contributed by atoms with Gasteiger partial charge in [0.2, 0.25) is 0 Å². The maximum absolute atomic E-state index is 16.9. The van der Waals surface area contributed by atoms with Gasteiger partial charge in [-0.15, -0.1) is 0 Å². The molecular formula is C36H38F3N5O4. The summed E-state index contributed by atoms with van der Waals surface area (Å²) in [7, 11) is 0. The number of aromatic nitrogens is 3. The van der Waals surface area contributed by atoms with E-state index in [1.54, 1.807) is 6.07 Å². The summed E-state index contributed by atoms with van der Waals surface area (Å²) >= 11 is 0. The van der Waals surface area contributed by atoms with E-state index in [4.69, 9.17) is 9.72 Å². The van der Waals surface area contributed by atoms with Crippen LogP contribution in [0.2, 0.25) is 0 Å². The van der Waals surface area contributed by atoms with E-state index < -0.39 is 29.1 Å².